The SMILES string of the molecule is C[C@H]1NC(=O)[C@@H](Cc2ccccc2)N(C)C(=O)[C@@H]2CCCN2C(=O)c2ccccc2NC(=O)C(Cc2ccccc2)NC(=O)[C@@H](C)NC1=O. The van der Waals surface area contributed by atoms with E-state index < -0.39 is 65.7 Å². The van der Waals surface area contributed by atoms with Crippen LogP contribution >= 0.6 is 0 Å². The van der Waals surface area contributed by atoms with E-state index in [1.54, 1.807) is 24.3 Å². The number of nitrogens with zero attached hydrogens (tertiary/aromatic N) is 2. The van der Waals surface area contributed by atoms with Crippen LogP contribution in [-0.2, 0) is 36.8 Å². The molecule has 5 atom stereocenters. The number of benzene rings is 3. The fraction of sp³-hybridized carbons (Fsp3) is 0.351. The van der Waals surface area contributed by atoms with Gasteiger partial charge in [-0.3, -0.25) is 28.8 Å². The van der Waals surface area contributed by atoms with E-state index in [1.165, 1.54) is 30.7 Å². The van der Waals surface area contributed by atoms with E-state index in [0.29, 0.717) is 19.4 Å². The summed E-state index contributed by atoms with van der Waals surface area (Å²) in [6, 6.07) is 19.8. The number of likely N-dealkylation sites (N-methyl/N-ethyl adjacent to an activating group) is 1. The number of anilines is 1. The van der Waals surface area contributed by atoms with Crippen LogP contribution in [0.2, 0.25) is 0 Å². The highest BCUT2D eigenvalue weighted by Crippen LogP contribution is 2.26. The van der Waals surface area contributed by atoms with Crippen molar-refractivity contribution in [3.05, 3.63) is 102 Å². The van der Waals surface area contributed by atoms with Crippen LogP contribution in [0.15, 0.2) is 84.9 Å². The summed E-state index contributed by atoms with van der Waals surface area (Å²) in [7, 11) is 1.52. The molecule has 1 fully saturated rings. The Hall–Kier alpha value is -5.52. The molecule has 2 aliphatic rings. The van der Waals surface area contributed by atoms with Gasteiger partial charge >= 0.3 is 0 Å². The van der Waals surface area contributed by atoms with E-state index in [2.05, 4.69) is 21.3 Å². The zero-order valence-electron chi connectivity index (χ0n) is 27.8. The lowest BCUT2D eigenvalue weighted by Gasteiger charge is -2.33. The summed E-state index contributed by atoms with van der Waals surface area (Å²) in [6.07, 6.45) is 1.27. The fourth-order valence-electron chi connectivity index (χ4n) is 6.19. The lowest BCUT2D eigenvalue weighted by molar-refractivity contribution is -0.142. The minimum Gasteiger partial charge on any atom is -0.343 e. The highest BCUT2D eigenvalue weighted by atomic mass is 16.2. The zero-order chi connectivity index (χ0) is 35.1. The predicted molar refractivity (Wildman–Crippen MR) is 183 cm³/mol. The summed E-state index contributed by atoms with van der Waals surface area (Å²) in [5.41, 5.74) is 2.00. The largest absolute Gasteiger partial charge is 0.343 e. The van der Waals surface area contributed by atoms with E-state index >= 15 is 0 Å². The van der Waals surface area contributed by atoms with E-state index in [1.807, 2.05) is 60.7 Å². The van der Waals surface area contributed by atoms with Crippen LogP contribution in [0.4, 0.5) is 5.69 Å². The van der Waals surface area contributed by atoms with Crippen LogP contribution in [0.5, 0.6) is 0 Å². The molecule has 0 saturated carbocycles. The number of amides is 6. The topological polar surface area (TPSA) is 157 Å². The first-order valence-electron chi connectivity index (χ1n) is 16.5. The van der Waals surface area contributed by atoms with Crippen LogP contribution in [-0.4, -0.2) is 89.0 Å². The van der Waals surface area contributed by atoms with Gasteiger partial charge in [0.15, 0.2) is 0 Å². The maximum Gasteiger partial charge on any atom is 0.256 e. The first kappa shape index (κ1) is 34.8. The predicted octanol–water partition coefficient (Wildman–Crippen LogP) is 2.05. The Balaban J connectivity index is 1.52. The van der Waals surface area contributed by atoms with Gasteiger partial charge in [-0.1, -0.05) is 72.8 Å². The highest BCUT2D eigenvalue weighted by Gasteiger charge is 2.40. The van der Waals surface area contributed by atoms with Crippen LogP contribution in [0, 0.1) is 0 Å². The lowest BCUT2D eigenvalue weighted by atomic mass is 10.0. The van der Waals surface area contributed by atoms with Crippen molar-refractivity contribution in [2.45, 2.75) is 69.7 Å². The number of hydrogen-bond acceptors (Lipinski definition) is 6. The van der Waals surface area contributed by atoms with Gasteiger partial charge in [0.2, 0.25) is 29.5 Å². The second-order valence-corrected chi connectivity index (χ2v) is 12.6. The number of nitrogens with one attached hydrogen (secondary N) is 4. The first-order chi connectivity index (χ1) is 23.5. The minimum absolute atomic E-state index is 0.138. The number of rotatable bonds is 4. The second kappa shape index (κ2) is 15.6. The van der Waals surface area contributed by atoms with Gasteiger partial charge in [0.25, 0.3) is 5.91 Å². The third-order valence-corrected chi connectivity index (χ3v) is 9.02. The van der Waals surface area contributed by atoms with Crippen molar-refractivity contribution in [1.82, 2.24) is 25.8 Å². The van der Waals surface area contributed by atoms with Crippen molar-refractivity contribution in [3.8, 4) is 0 Å². The van der Waals surface area contributed by atoms with E-state index in [4.69, 9.17) is 0 Å². The van der Waals surface area contributed by atoms with Crippen molar-refractivity contribution in [2.75, 3.05) is 18.9 Å². The van der Waals surface area contributed by atoms with Gasteiger partial charge in [-0.2, -0.15) is 0 Å². The first-order valence-corrected chi connectivity index (χ1v) is 16.5. The summed E-state index contributed by atoms with van der Waals surface area (Å²) >= 11 is 0. The molecule has 12 nitrogen and oxygen atoms in total. The highest BCUT2D eigenvalue weighted by molar-refractivity contribution is 6.07. The summed E-state index contributed by atoms with van der Waals surface area (Å²) in [5, 5.41) is 10.9. The smallest absolute Gasteiger partial charge is 0.256 e. The number of carbonyl (C=O) groups excluding carboxylic acids is 6. The molecular formula is C37H42N6O6. The molecule has 4 N–H and O–H groups in total. The lowest BCUT2D eigenvalue weighted by Crippen LogP contribution is -2.58. The maximum atomic E-state index is 14.1. The van der Waals surface area contributed by atoms with Gasteiger partial charge in [0.1, 0.15) is 30.2 Å². The fourth-order valence-corrected chi connectivity index (χ4v) is 6.19. The second-order valence-electron chi connectivity index (χ2n) is 12.6. The Labute approximate surface area is 285 Å². The van der Waals surface area contributed by atoms with Crippen LogP contribution in [0.25, 0.3) is 0 Å². The van der Waals surface area contributed by atoms with E-state index in [-0.39, 0.29) is 24.1 Å². The van der Waals surface area contributed by atoms with Crippen LogP contribution < -0.4 is 21.3 Å². The molecule has 5 rings (SSSR count). The maximum absolute atomic E-state index is 14.1. The standard InChI is InChI=1S/C37H42N6O6/c1-23-32(44)38-24(2)33(45)41-29(21-25-13-6-4-7-14-25)34(46)40-28-18-11-10-17-27(28)36(48)43-20-12-19-30(43)37(49)42(3)31(35(47)39-23)22-26-15-8-5-9-16-26/h4-11,13-18,23-24,29-31H,12,19-22H2,1-3H3,(H,38,44)(H,39,47)(H,40,46)(H,41,45)/t23-,24-,29?,30+,31-/m1/s1. The molecule has 2 aliphatic heterocycles. The normalized spacial score (nSPS) is 24.3. The molecule has 49 heavy (non-hydrogen) atoms. The average Bonchev–Trinajstić information content (AvgIpc) is 3.60. The van der Waals surface area contributed by atoms with Crippen molar-refractivity contribution >= 4 is 41.1 Å². The van der Waals surface area contributed by atoms with E-state index in [9.17, 15) is 28.8 Å². The molecule has 0 aromatic heterocycles. The third kappa shape index (κ3) is 8.32. The Morgan fingerprint density at radius 3 is 1.86 bits per heavy atom. The molecule has 6 amide bonds. The quantitative estimate of drug-likeness (QED) is 0.334. The van der Waals surface area contributed by atoms with E-state index in [0.717, 1.165) is 11.1 Å². The molecule has 12 heteroatoms. The van der Waals surface area contributed by atoms with Gasteiger partial charge in [-0.15, -0.1) is 0 Å². The van der Waals surface area contributed by atoms with Gasteiger partial charge in [-0.05, 0) is 49.9 Å². The molecule has 1 unspecified atom stereocenters. The van der Waals surface area contributed by atoms with Crippen molar-refractivity contribution in [1.29, 1.82) is 0 Å². The number of hydrogen-bond donors (Lipinski definition) is 4. The Morgan fingerprint density at radius 1 is 0.653 bits per heavy atom. The Kier molecular flexibility index (Phi) is 11.1. The summed E-state index contributed by atoms with van der Waals surface area (Å²) < 4.78 is 0. The average molecular weight is 667 g/mol. The summed E-state index contributed by atoms with van der Waals surface area (Å²) in [4.78, 5) is 85.2. The summed E-state index contributed by atoms with van der Waals surface area (Å²) in [6.45, 7) is 3.28. The van der Waals surface area contributed by atoms with Gasteiger partial charge < -0.3 is 31.1 Å². The molecule has 0 radical (unpaired) electrons. The molecule has 0 aliphatic carbocycles. The summed E-state index contributed by atoms with van der Waals surface area (Å²) in [5.74, 6) is -3.21. The monoisotopic (exact) mass is 666 g/mol. The zero-order valence-corrected chi connectivity index (χ0v) is 27.8. The number of fused-ring (bicyclic) bond motifs is 2. The van der Waals surface area contributed by atoms with Gasteiger partial charge in [0.05, 0.1) is 11.3 Å². The molecule has 1 saturated heterocycles. The third-order valence-electron chi connectivity index (χ3n) is 9.02. The number of carbonyl (C=O) groups is 6. The molecule has 3 aromatic rings. The molecule has 0 bridgehead atoms. The van der Waals surface area contributed by atoms with Gasteiger partial charge in [0, 0.05) is 26.4 Å². The molecule has 256 valence electrons. The number of para-hydroxylation sites is 1. The van der Waals surface area contributed by atoms with Crippen LogP contribution in [0.3, 0.4) is 0 Å². The van der Waals surface area contributed by atoms with Crippen molar-refractivity contribution < 1.29 is 28.8 Å². The molecule has 3 aromatic carbocycles. The molecular weight excluding hydrogens is 624 g/mol. The van der Waals surface area contributed by atoms with Crippen molar-refractivity contribution in [3.63, 3.8) is 0 Å². The Bertz CT molecular complexity index is 1700. The van der Waals surface area contributed by atoms with Crippen LogP contribution in [0.1, 0.15) is 48.2 Å². The minimum atomic E-state index is -1.06. The van der Waals surface area contributed by atoms with Crippen molar-refractivity contribution in [2.24, 2.45) is 0 Å². The molecule has 0 spiro atoms. The Morgan fingerprint density at radius 2 is 1.20 bits per heavy atom. The molecule has 2 heterocycles. The van der Waals surface area contributed by atoms with Gasteiger partial charge in [-0.25, -0.2) is 0 Å².